The van der Waals surface area contributed by atoms with Crippen LogP contribution in [-0.2, 0) is 4.74 Å². The summed E-state index contributed by atoms with van der Waals surface area (Å²) in [7, 11) is 0. The van der Waals surface area contributed by atoms with Crippen LogP contribution in [0.25, 0.3) is 0 Å². The molecule has 1 unspecified atom stereocenters. The average molecular weight is 228 g/mol. The summed E-state index contributed by atoms with van der Waals surface area (Å²) >= 11 is 5.90. The van der Waals surface area contributed by atoms with E-state index < -0.39 is 0 Å². The van der Waals surface area contributed by atoms with Crippen LogP contribution in [0.15, 0.2) is 18.2 Å². The molecule has 0 radical (unpaired) electrons. The molecular formula is C12H18ClNO. The van der Waals surface area contributed by atoms with Crippen molar-refractivity contribution in [3.63, 3.8) is 0 Å². The van der Waals surface area contributed by atoms with Crippen molar-refractivity contribution in [2.45, 2.75) is 33.0 Å². The maximum absolute atomic E-state index is 5.90. The van der Waals surface area contributed by atoms with Gasteiger partial charge in [0.05, 0.1) is 12.2 Å². The maximum Gasteiger partial charge on any atom is 0.0953 e. The minimum atomic E-state index is -0.0396. The van der Waals surface area contributed by atoms with Gasteiger partial charge in [-0.1, -0.05) is 17.7 Å². The summed E-state index contributed by atoms with van der Waals surface area (Å²) in [6.07, 6.45) is 0.135. The van der Waals surface area contributed by atoms with Gasteiger partial charge in [0.15, 0.2) is 0 Å². The van der Waals surface area contributed by atoms with Crippen molar-refractivity contribution in [3.05, 3.63) is 34.3 Å². The lowest BCUT2D eigenvalue weighted by Gasteiger charge is -2.21. The smallest absolute Gasteiger partial charge is 0.0953 e. The van der Waals surface area contributed by atoms with E-state index in [1.165, 1.54) is 0 Å². The largest absolute Gasteiger partial charge is 0.370 e. The second kappa shape index (κ2) is 5.50. The highest BCUT2D eigenvalue weighted by Crippen LogP contribution is 2.24. The topological polar surface area (TPSA) is 35.2 Å². The quantitative estimate of drug-likeness (QED) is 0.858. The number of rotatable bonds is 4. The molecule has 0 heterocycles. The Morgan fingerprint density at radius 1 is 1.40 bits per heavy atom. The summed E-state index contributed by atoms with van der Waals surface area (Å²) in [6.45, 7) is 6.52. The minimum Gasteiger partial charge on any atom is -0.370 e. The number of benzene rings is 1. The molecule has 2 nitrogen and oxygen atoms in total. The third kappa shape index (κ3) is 3.49. The van der Waals surface area contributed by atoms with Crippen LogP contribution in [-0.4, -0.2) is 12.6 Å². The van der Waals surface area contributed by atoms with E-state index >= 15 is 0 Å². The summed E-state index contributed by atoms with van der Waals surface area (Å²) in [6, 6.07) is 5.79. The molecule has 0 aliphatic heterocycles. The van der Waals surface area contributed by atoms with E-state index in [4.69, 9.17) is 22.1 Å². The Labute approximate surface area is 96.4 Å². The molecule has 2 N–H and O–H groups in total. The highest BCUT2D eigenvalue weighted by atomic mass is 35.5. The molecule has 0 fully saturated rings. The highest BCUT2D eigenvalue weighted by Gasteiger charge is 2.14. The van der Waals surface area contributed by atoms with Crippen molar-refractivity contribution in [3.8, 4) is 0 Å². The van der Waals surface area contributed by atoms with Crippen molar-refractivity contribution in [2.24, 2.45) is 5.73 Å². The molecule has 1 aromatic carbocycles. The van der Waals surface area contributed by atoms with Crippen molar-refractivity contribution in [1.29, 1.82) is 0 Å². The van der Waals surface area contributed by atoms with Crippen molar-refractivity contribution in [1.82, 2.24) is 0 Å². The van der Waals surface area contributed by atoms with E-state index in [0.29, 0.717) is 6.54 Å². The molecule has 0 saturated heterocycles. The number of ether oxygens (including phenoxy) is 1. The Balaban J connectivity index is 2.91. The lowest BCUT2D eigenvalue weighted by atomic mass is 10.0. The van der Waals surface area contributed by atoms with Gasteiger partial charge in [0, 0.05) is 11.6 Å². The normalized spacial score (nSPS) is 13.2. The molecule has 0 spiro atoms. The van der Waals surface area contributed by atoms with Crippen molar-refractivity contribution >= 4 is 11.6 Å². The summed E-state index contributed by atoms with van der Waals surface area (Å²) in [5, 5.41) is 0.747. The zero-order chi connectivity index (χ0) is 11.4. The fourth-order valence-corrected chi connectivity index (χ4v) is 1.81. The molecule has 3 heteroatoms. The molecule has 0 bridgehead atoms. The van der Waals surface area contributed by atoms with Gasteiger partial charge in [-0.2, -0.15) is 0 Å². The van der Waals surface area contributed by atoms with Crippen molar-refractivity contribution < 1.29 is 4.74 Å². The van der Waals surface area contributed by atoms with Crippen LogP contribution < -0.4 is 5.73 Å². The first kappa shape index (κ1) is 12.5. The number of nitrogens with two attached hydrogens (primary N) is 1. The predicted octanol–water partition coefficient (Wildman–Crippen LogP) is 3.07. The van der Waals surface area contributed by atoms with Crippen LogP contribution in [0, 0.1) is 6.92 Å². The molecule has 15 heavy (non-hydrogen) atoms. The second-order valence-electron chi connectivity index (χ2n) is 3.91. The number of hydrogen-bond acceptors (Lipinski definition) is 2. The Morgan fingerprint density at radius 2 is 2.07 bits per heavy atom. The van der Waals surface area contributed by atoms with E-state index in [0.717, 1.165) is 16.1 Å². The summed E-state index contributed by atoms with van der Waals surface area (Å²) in [5.41, 5.74) is 7.95. The zero-order valence-corrected chi connectivity index (χ0v) is 10.2. The van der Waals surface area contributed by atoms with E-state index in [9.17, 15) is 0 Å². The number of halogens is 1. The number of hydrogen-bond donors (Lipinski definition) is 1. The standard InChI is InChI=1S/C12H18ClNO/c1-8(2)15-12(7-14)11-5-4-10(13)6-9(11)3/h4-6,8,12H,7,14H2,1-3H3. The van der Waals surface area contributed by atoms with E-state index in [2.05, 4.69) is 0 Å². The molecule has 84 valence electrons. The fraction of sp³-hybridized carbons (Fsp3) is 0.500. The van der Waals surface area contributed by atoms with Gasteiger partial charge in [-0.15, -0.1) is 0 Å². The van der Waals surface area contributed by atoms with Crippen molar-refractivity contribution in [2.75, 3.05) is 6.54 Å². The van der Waals surface area contributed by atoms with Crippen LogP contribution in [0.2, 0.25) is 5.02 Å². The minimum absolute atomic E-state index is 0.0396. The van der Waals surface area contributed by atoms with E-state index in [-0.39, 0.29) is 12.2 Å². The summed E-state index contributed by atoms with van der Waals surface area (Å²) in [4.78, 5) is 0. The van der Waals surface area contributed by atoms with Crippen LogP contribution in [0.1, 0.15) is 31.1 Å². The van der Waals surface area contributed by atoms with Crippen LogP contribution >= 0.6 is 11.6 Å². The van der Waals surface area contributed by atoms with E-state index in [1.807, 2.05) is 39.0 Å². The molecule has 0 aliphatic carbocycles. The summed E-state index contributed by atoms with van der Waals surface area (Å²) < 4.78 is 5.74. The molecule has 0 amide bonds. The Hall–Kier alpha value is -0.570. The van der Waals surface area contributed by atoms with Gasteiger partial charge in [-0.3, -0.25) is 0 Å². The first-order chi connectivity index (χ1) is 7.04. The second-order valence-corrected chi connectivity index (χ2v) is 4.35. The van der Waals surface area contributed by atoms with E-state index in [1.54, 1.807) is 0 Å². The summed E-state index contributed by atoms with van der Waals surface area (Å²) in [5.74, 6) is 0. The molecule has 1 atom stereocenters. The lowest BCUT2D eigenvalue weighted by Crippen LogP contribution is -2.20. The van der Waals surface area contributed by atoms with Crippen LogP contribution in [0.4, 0.5) is 0 Å². The highest BCUT2D eigenvalue weighted by molar-refractivity contribution is 6.30. The molecular weight excluding hydrogens is 210 g/mol. The van der Waals surface area contributed by atoms with Crippen LogP contribution in [0.5, 0.6) is 0 Å². The third-order valence-corrected chi connectivity index (χ3v) is 2.46. The monoisotopic (exact) mass is 227 g/mol. The molecule has 1 aromatic rings. The van der Waals surface area contributed by atoms with Gasteiger partial charge >= 0.3 is 0 Å². The van der Waals surface area contributed by atoms with Gasteiger partial charge in [0.2, 0.25) is 0 Å². The Morgan fingerprint density at radius 3 is 2.53 bits per heavy atom. The SMILES string of the molecule is Cc1cc(Cl)ccc1C(CN)OC(C)C. The van der Waals surface area contributed by atoms with Gasteiger partial charge in [0.25, 0.3) is 0 Å². The van der Waals surface area contributed by atoms with Gasteiger partial charge in [-0.25, -0.2) is 0 Å². The molecule has 0 aromatic heterocycles. The van der Waals surface area contributed by atoms with Crippen LogP contribution in [0.3, 0.4) is 0 Å². The Kier molecular flexibility index (Phi) is 4.58. The van der Waals surface area contributed by atoms with Gasteiger partial charge in [0.1, 0.15) is 0 Å². The first-order valence-corrected chi connectivity index (χ1v) is 5.54. The average Bonchev–Trinajstić information content (AvgIpc) is 2.14. The maximum atomic E-state index is 5.90. The molecule has 0 aliphatic rings. The Bertz CT molecular complexity index is 325. The molecule has 1 rings (SSSR count). The molecule has 0 saturated carbocycles. The first-order valence-electron chi connectivity index (χ1n) is 5.16. The lowest BCUT2D eigenvalue weighted by molar-refractivity contribution is 0.0116. The van der Waals surface area contributed by atoms with Gasteiger partial charge < -0.3 is 10.5 Å². The fourth-order valence-electron chi connectivity index (χ4n) is 1.58. The number of aryl methyl sites for hydroxylation is 1. The van der Waals surface area contributed by atoms with Gasteiger partial charge in [-0.05, 0) is 44.0 Å². The third-order valence-electron chi connectivity index (χ3n) is 2.23. The zero-order valence-electron chi connectivity index (χ0n) is 9.46. The predicted molar refractivity (Wildman–Crippen MR) is 64.2 cm³/mol.